The number of amides is 1. The Bertz CT molecular complexity index is 533. The van der Waals surface area contributed by atoms with Crippen molar-refractivity contribution in [2.24, 2.45) is 11.1 Å². The lowest BCUT2D eigenvalue weighted by atomic mass is 10.1. The van der Waals surface area contributed by atoms with Gasteiger partial charge in [-0.25, -0.2) is 13.6 Å². The fourth-order valence-corrected chi connectivity index (χ4v) is 2.18. The van der Waals surface area contributed by atoms with Gasteiger partial charge in [-0.2, -0.15) is 0 Å². The number of nitrogens with two attached hydrogens (primary N) is 1. The number of carbonyl (C=O) groups is 1. The number of carbonyl (C=O) groups excluding carboxylic acids is 1. The molecule has 0 bridgehead atoms. The number of nitrogens with one attached hydrogen (secondary N) is 1. The molecule has 0 aliphatic heterocycles. The molecule has 1 fully saturated rings. The molecule has 18 heavy (non-hydrogen) atoms. The fraction of sp³-hybridized carbons (Fsp3) is 0.417. The number of hydrogen-bond donors (Lipinski definition) is 2. The summed E-state index contributed by atoms with van der Waals surface area (Å²) in [4.78, 5) is 11.5. The highest BCUT2D eigenvalue weighted by Crippen LogP contribution is 2.28. The van der Waals surface area contributed by atoms with Gasteiger partial charge in [0.15, 0.2) is 0 Å². The summed E-state index contributed by atoms with van der Waals surface area (Å²) in [7, 11) is -3.63. The van der Waals surface area contributed by atoms with E-state index in [0.717, 1.165) is 18.4 Å². The van der Waals surface area contributed by atoms with Crippen LogP contribution in [-0.2, 0) is 21.2 Å². The minimum absolute atomic E-state index is 0.105. The Labute approximate surface area is 106 Å². The van der Waals surface area contributed by atoms with E-state index in [0.29, 0.717) is 13.0 Å². The summed E-state index contributed by atoms with van der Waals surface area (Å²) in [6.45, 7) is 0.573. The van der Waals surface area contributed by atoms with Gasteiger partial charge in [0.05, 0.1) is 4.90 Å². The van der Waals surface area contributed by atoms with Crippen LogP contribution in [0.5, 0.6) is 0 Å². The summed E-state index contributed by atoms with van der Waals surface area (Å²) in [6, 6.07) is 6.38. The SMILES string of the molecule is NS(=O)(=O)c1ccc(CCNC(=O)C2CC2)cc1. The lowest BCUT2D eigenvalue weighted by Gasteiger charge is -2.05. The largest absolute Gasteiger partial charge is 0.356 e. The quantitative estimate of drug-likeness (QED) is 0.810. The number of rotatable bonds is 5. The van der Waals surface area contributed by atoms with E-state index in [1.807, 2.05) is 0 Å². The maximum absolute atomic E-state index is 11.4. The normalized spacial score (nSPS) is 15.4. The molecule has 1 aromatic rings. The molecule has 2 rings (SSSR count). The van der Waals surface area contributed by atoms with Crippen LogP contribution in [0.3, 0.4) is 0 Å². The second kappa shape index (κ2) is 5.07. The number of sulfonamides is 1. The van der Waals surface area contributed by atoms with Crippen LogP contribution in [-0.4, -0.2) is 20.9 Å². The van der Waals surface area contributed by atoms with Crippen LogP contribution in [0.15, 0.2) is 29.2 Å². The van der Waals surface area contributed by atoms with E-state index in [1.54, 1.807) is 12.1 Å². The van der Waals surface area contributed by atoms with Gasteiger partial charge in [-0.15, -0.1) is 0 Å². The maximum Gasteiger partial charge on any atom is 0.238 e. The first-order valence-corrected chi connectivity index (χ1v) is 7.41. The Morgan fingerprint density at radius 2 is 1.89 bits per heavy atom. The van der Waals surface area contributed by atoms with Crippen molar-refractivity contribution in [3.05, 3.63) is 29.8 Å². The standard InChI is InChI=1S/C12H16N2O3S/c13-18(16,17)11-5-1-9(2-6-11)7-8-14-12(15)10-3-4-10/h1-2,5-6,10H,3-4,7-8H2,(H,14,15)(H2,13,16,17). The number of primary sulfonamides is 1. The number of hydrogen-bond acceptors (Lipinski definition) is 3. The average molecular weight is 268 g/mol. The maximum atomic E-state index is 11.4. The Morgan fingerprint density at radius 1 is 1.28 bits per heavy atom. The highest BCUT2D eigenvalue weighted by molar-refractivity contribution is 7.89. The van der Waals surface area contributed by atoms with Gasteiger partial charge in [0.25, 0.3) is 0 Å². The molecule has 6 heteroatoms. The third-order valence-electron chi connectivity index (χ3n) is 2.91. The van der Waals surface area contributed by atoms with Crippen LogP contribution in [0, 0.1) is 5.92 Å². The van der Waals surface area contributed by atoms with E-state index in [4.69, 9.17) is 5.14 Å². The van der Waals surface area contributed by atoms with Gasteiger partial charge in [0.1, 0.15) is 0 Å². The van der Waals surface area contributed by atoms with E-state index in [2.05, 4.69) is 5.32 Å². The molecular formula is C12H16N2O3S. The van der Waals surface area contributed by atoms with Gasteiger partial charge in [0, 0.05) is 12.5 Å². The molecule has 1 aliphatic carbocycles. The molecule has 0 spiro atoms. The smallest absolute Gasteiger partial charge is 0.238 e. The highest BCUT2D eigenvalue weighted by Gasteiger charge is 2.28. The fourth-order valence-electron chi connectivity index (χ4n) is 1.67. The van der Waals surface area contributed by atoms with Crippen molar-refractivity contribution in [2.45, 2.75) is 24.2 Å². The minimum Gasteiger partial charge on any atom is -0.356 e. The van der Waals surface area contributed by atoms with Gasteiger partial charge in [-0.3, -0.25) is 4.79 Å². The first-order valence-electron chi connectivity index (χ1n) is 5.86. The third kappa shape index (κ3) is 3.54. The molecule has 3 N–H and O–H groups in total. The van der Waals surface area contributed by atoms with Crippen LogP contribution in [0.1, 0.15) is 18.4 Å². The monoisotopic (exact) mass is 268 g/mol. The topological polar surface area (TPSA) is 89.3 Å². The predicted octanol–water partition coefficient (Wildman–Crippen LogP) is 0.403. The van der Waals surface area contributed by atoms with Crippen LogP contribution in [0.25, 0.3) is 0 Å². The molecule has 0 radical (unpaired) electrons. The zero-order valence-corrected chi connectivity index (χ0v) is 10.7. The molecule has 98 valence electrons. The van der Waals surface area contributed by atoms with Gasteiger partial charge in [-0.1, -0.05) is 12.1 Å². The lowest BCUT2D eigenvalue weighted by Crippen LogP contribution is -2.26. The van der Waals surface area contributed by atoms with E-state index < -0.39 is 10.0 Å². The second-order valence-electron chi connectivity index (χ2n) is 4.50. The van der Waals surface area contributed by atoms with E-state index in [-0.39, 0.29) is 16.7 Å². The predicted molar refractivity (Wildman–Crippen MR) is 67.3 cm³/mol. The zero-order valence-electron chi connectivity index (χ0n) is 9.93. The molecule has 0 atom stereocenters. The zero-order chi connectivity index (χ0) is 13.2. The van der Waals surface area contributed by atoms with Gasteiger partial charge in [-0.05, 0) is 37.0 Å². The van der Waals surface area contributed by atoms with Crippen molar-refractivity contribution < 1.29 is 13.2 Å². The second-order valence-corrected chi connectivity index (χ2v) is 6.07. The van der Waals surface area contributed by atoms with Crippen molar-refractivity contribution in [2.75, 3.05) is 6.54 Å². The highest BCUT2D eigenvalue weighted by atomic mass is 32.2. The summed E-state index contributed by atoms with van der Waals surface area (Å²) in [5.41, 5.74) is 0.971. The van der Waals surface area contributed by atoms with Crippen molar-refractivity contribution in [1.82, 2.24) is 5.32 Å². The molecule has 0 saturated heterocycles. The van der Waals surface area contributed by atoms with Crippen LogP contribution >= 0.6 is 0 Å². The van der Waals surface area contributed by atoms with Gasteiger partial charge < -0.3 is 5.32 Å². The molecule has 0 unspecified atom stereocenters. The van der Waals surface area contributed by atoms with Gasteiger partial charge in [0.2, 0.25) is 15.9 Å². The van der Waals surface area contributed by atoms with Crippen LogP contribution in [0.2, 0.25) is 0 Å². The van der Waals surface area contributed by atoms with Crippen molar-refractivity contribution in [3.63, 3.8) is 0 Å². The average Bonchev–Trinajstić information content (AvgIpc) is 3.12. The van der Waals surface area contributed by atoms with Crippen molar-refractivity contribution in [3.8, 4) is 0 Å². The molecule has 1 aliphatic rings. The van der Waals surface area contributed by atoms with E-state index in [9.17, 15) is 13.2 Å². The molecule has 5 nitrogen and oxygen atoms in total. The number of benzene rings is 1. The van der Waals surface area contributed by atoms with E-state index in [1.165, 1.54) is 12.1 Å². The third-order valence-corrected chi connectivity index (χ3v) is 3.84. The molecule has 1 amide bonds. The Morgan fingerprint density at radius 3 is 2.39 bits per heavy atom. The summed E-state index contributed by atoms with van der Waals surface area (Å²) < 4.78 is 22.1. The first kappa shape index (κ1) is 13.0. The van der Waals surface area contributed by atoms with Crippen LogP contribution < -0.4 is 10.5 Å². The Kier molecular flexibility index (Phi) is 3.68. The molecule has 0 heterocycles. The lowest BCUT2D eigenvalue weighted by molar-refractivity contribution is -0.122. The van der Waals surface area contributed by atoms with E-state index >= 15 is 0 Å². The van der Waals surface area contributed by atoms with Crippen LogP contribution in [0.4, 0.5) is 0 Å². The molecular weight excluding hydrogens is 252 g/mol. The molecule has 0 aromatic heterocycles. The molecule has 1 saturated carbocycles. The summed E-state index contributed by atoms with van der Waals surface area (Å²) in [6.07, 6.45) is 2.67. The van der Waals surface area contributed by atoms with Crippen molar-refractivity contribution in [1.29, 1.82) is 0 Å². The summed E-state index contributed by atoms with van der Waals surface area (Å²) in [5, 5.41) is 7.86. The molecule has 1 aromatic carbocycles. The van der Waals surface area contributed by atoms with Crippen molar-refractivity contribution >= 4 is 15.9 Å². The first-order chi connectivity index (χ1) is 8.47. The minimum atomic E-state index is -3.63. The van der Waals surface area contributed by atoms with Gasteiger partial charge >= 0.3 is 0 Å². The Balaban J connectivity index is 1.84. The summed E-state index contributed by atoms with van der Waals surface area (Å²) >= 11 is 0. The Hall–Kier alpha value is -1.40. The summed E-state index contributed by atoms with van der Waals surface area (Å²) in [5.74, 6) is 0.339.